The second-order valence-corrected chi connectivity index (χ2v) is 11.8. The number of rotatable bonds is 7. The zero-order valence-corrected chi connectivity index (χ0v) is 23.5. The molecule has 6 rings (SSSR count). The first-order valence-corrected chi connectivity index (χ1v) is 14.9. The Kier molecular flexibility index (Phi) is 7.27. The van der Waals surface area contributed by atoms with Gasteiger partial charge in [-0.05, 0) is 87.1 Å². The minimum absolute atomic E-state index is 0.0367. The maximum Gasteiger partial charge on any atom is 0.327 e. The minimum atomic E-state index is -0.690. The molecule has 1 spiro atoms. The van der Waals surface area contributed by atoms with Crippen molar-refractivity contribution in [1.29, 1.82) is 0 Å². The predicted octanol–water partition coefficient (Wildman–Crippen LogP) is 5.25. The Morgan fingerprint density at radius 1 is 0.923 bits per heavy atom. The number of hydrogen-bond donors (Lipinski definition) is 0. The summed E-state index contributed by atoms with van der Waals surface area (Å²) in [6.07, 6.45) is 6.61. The van der Waals surface area contributed by atoms with E-state index in [9.17, 15) is 9.59 Å². The lowest BCUT2D eigenvalue weighted by Gasteiger charge is -2.42. The molecule has 2 atom stereocenters. The van der Waals surface area contributed by atoms with Crippen molar-refractivity contribution in [3.63, 3.8) is 0 Å². The number of imide groups is 1. The summed E-state index contributed by atoms with van der Waals surface area (Å²) in [5.41, 5.74) is 3.13. The summed E-state index contributed by atoms with van der Waals surface area (Å²) >= 11 is 0. The maximum atomic E-state index is 14.1. The van der Waals surface area contributed by atoms with Crippen LogP contribution in [0.2, 0.25) is 0 Å². The van der Waals surface area contributed by atoms with Crippen molar-refractivity contribution < 1.29 is 14.3 Å². The van der Waals surface area contributed by atoms with Crippen molar-refractivity contribution in [2.75, 3.05) is 44.7 Å². The van der Waals surface area contributed by atoms with Gasteiger partial charge in [0.15, 0.2) is 0 Å². The van der Waals surface area contributed by atoms with E-state index in [0.717, 1.165) is 57.7 Å². The van der Waals surface area contributed by atoms with Crippen molar-refractivity contribution >= 4 is 17.6 Å². The number of likely N-dealkylation sites (N-methyl/N-ethyl adjacent to an activating group) is 1. The van der Waals surface area contributed by atoms with Crippen LogP contribution in [0.1, 0.15) is 68.9 Å². The number of amides is 3. The van der Waals surface area contributed by atoms with Crippen molar-refractivity contribution in [2.24, 2.45) is 0 Å². The Hall–Kier alpha value is -3.06. The molecule has 4 aliphatic rings. The Bertz CT molecular complexity index is 1180. The van der Waals surface area contributed by atoms with E-state index in [1.807, 2.05) is 30.0 Å². The molecule has 7 heteroatoms. The normalized spacial score (nSPS) is 25.3. The number of carbonyl (C=O) groups excluding carboxylic acids is 2. The van der Waals surface area contributed by atoms with Crippen LogP contribution in [0.25, 0.3) is 0 Å². The maximum absolute atomic E-state index is 14.1. The smallest absolute Gasteiger partial charge is 0.327 e. The van der Waals surface area contributed by atoms with Crippen molar-refractivity contribution in [1.82, 2.24) is 14.7 Å². The van der Waals surface area contributed by atoms with E-state index in [2.05, 4.69) is 40.1 Å². The van der Waals surface area contributed by atoms with Gasteiger partial charge in [-0.15, -0.1) is 0 Å². The summed E-state index contributed by atoms with van der Waals surface area (Å²) in [5, 5.41) is 0. The van der Waals surface area contributed by atoms with Crippen LogP contribution in [0.5, 0.6) is 5.75 Å². The van der Waals surface area contributed by atoms with E-state index in [4.69, 9.17) is 4.74 Å². The Balaban J connectivity index is 1.11. The van der Waals surface area contributed by atoms with E-state index in [-0.39, 0.29) is 18.0 Å². The Labute approximate surface area is 232 Å². The van der Waals surface area contributed by atoms with E-state index in [1.54, 1.807) is 12.0 Å². The standard InChI is InChI=1S/C32H42N4O3/c1-3-35-31(38)36(27-15-12-25(22-27)28-8-4-5-9-29(28)39-2)30(37)32(35)16-20-33(21-17-32)23-24-10-13-26(14-11-24)34-18-6-7-19-34/h4-5,8-11,13-14,25,27H,3,6-7,12,15-23H2,1-2H3. The SMILES string of the molecule is CCN1C(=O)N(C2CCC(c3ccccc3OC)C2)C(=O)C12CCN(Cc1ccc(N3CCCC3)cc1)CC2. The third-order valence-corrected chi connectivity index (χ3v) is 9.73. The number of likely N-dealkylation sites (tertiary alicyclic amines) is 1. The van der Waals surface area contributed by atoms with E-state index >= 15 is 0 Å². The molecule has 4 fully saturated rings. The molecule has 39 heavy (non-hydrogen) atoms. The molecule has 2 aromatic rings. The van der Waals surface area contributed by atoms with Gasteiger partial charge < -0.3 is 14.5 Å². The Morgan fingerprint density at radius 2 is 1.64 bits per heavy atom. The van der Waals surface area contributed by atoms with Crippen molar-refractivity contribution in [3.05, 3.63) is 59.7 Å². The molecule has 3 saturated heterocycles. The molecule has 7 nitrogen and oxygen atoms in total. The van der Waals surface area contributed by atoms with Crippen molar-refractivity contribution in [3.8, 4) is 5.75 Å². The van der Waals surface area contributed by atoms with Gasteiger partial charge in [0.25, 0.3) is 5.91 Å². The first kappa shape index (κ1) is 26.2. The fourth-order valence-electron chi connectivity index (χ4n) is 7.59. The zero-order valence-electron chi connectivity index (χ0n) is 23.5. The third-order valence-electron chi connectivity index (χ3n) is 9.73. The highest BCUT2D eigenvalue weighted by molar-refractivity contribution is 6.07. The summed E-state index contributed by atoms with van der Waals surface area (Å²) in [5.74, 6) is 1.23. The van der Waals surface area contributed by atoms with Gasteiger partial charge in [-0.25, -0.2) is 4.79 Å². The second kappa shape index (κ2) is 10.8. The highest BCUT2D eigenvalue weighted by Crippen LogP contribution is 2.45. The van der Waals surface area contributed by atoms with Crippen LogP contribution in [-0.4, -0.2) is 78.1 Å². The molecule has 2 aromatic carbocycles. The minimum Gasteiger partial charge on any atom is -0.496 e. The van der Waals surface area contributed by atoms with Crippen LogP contribution in [0.15, 0.2) is 48.5 Å². The largest absolute Gasteiger partial charge is 0.496 e. The molecular weight excluding hydrogens is 488 g/mol. The van der Waals surface area contributed by atoms with E-state index < -0.39 is 5.54 Å². The topological polar surface area (TPSA) is 56.3 Å². The highest BCUT2D eigenvalue weighted by atomic mass is 16.5. The van der Waals surface area contributed by atoms with Gasteiger partial charge >= 0.3 is 6.03 Å². The molecule has 1 aliphatic carbocycles. The van der Waals surface area contributed by atoms with Crippen LogP contribution < -0.4 is 9.64 Å². The van der Waals surface area contributed by atoms with Crippen LogP contribution in [0, 0.1) is 0 Å². The quantitative estimate of drug-likeness (QED) is 0.458. The number of para-hydroxylation sites is 1. The average molecular weight is 531 g/mol. The lowest BCUT2D eigenvalue weighted by molar-refractivity contribution is -0.137. The van der Waals surface area contributed by atoms with Gasteiger partial charge in [-0.1, -0.05) is 30.3 Å². The van der Waals surface area contributed by atoms with Gasteiger partial charge in [-0.2, -0.15) is 0 Å². The number of carbonyl (C=O) groups is 2. The van der Waals surface area contributed by atoms with Crippen LogP contribution in [-0.2, 0) is 11.3 Å². The number of methoxy groups -OCH3 is 1. The molecule has 0 aromatic heterocycles. The second-order valence-electron chi connectivity index (χ2n) is 11.8. The summed E-state index contributed by atoms with van der Waals surface area (Å²) in [7, 11) is 1.71. The number of nitrogens with zero attached hydrogens (tertiary/aromatic N) is 4. The van der Waals surface area contributed by atoms with Gasteiger partial charge in [-0.3, -0.25) is 14.6 Å². The summed E-state index contributed by atoms with van der Waals surface area (Å²) in [4.78, 5) is 36.2. The van der Waals surface area contributed by atoms with E-state index in [0.29, 0.717) is 25.3 Å². The fraction of sp³-hybridized carbons (Fsp3) is 0.562. The number of piperidine rings is 1. The number of anilines is 1. The first-order valence-electron chi connectivity index (χ1n) is 14.9. The molecule has 3 amide bonds. The Morgan fingerprint density at radius 3 is 2.33 bits per heavy atom. The molecule has 208 valence electrons. The van der Waals surface area contributed by atoms with Gasteiger partial charge in [0.1, 0.15) is 11.3 Å². The number of urea groups is 1. The molecule has 2 unspecified atom stereocenters. The molecule has 3 heterocycles. The van der Waals surface area contributed by atoms with Gasteiger partial charge in [0, 0.05) is 51.0 Å². The monoisotopic (exact) mass is 530 g/mol. The van der Waals surface area contributed by atoms with Crippen LogP contribution >= 0.6 is 0 Å². The molecule has 3 aliphatic heterocycles. The third kappa shape index (κ3) is 4.69. The zero-order chi connectivity index (χ0) is 27.0. The summed E-state index contributed by atoms with van der Waals surface area (Å²) < 4.78 is 5.60. The van der Waals surface area contributed by atoms with Gasteiger partial charge in [0.2, 0.25) is 0 Å². The lowest BCUT2D eigenvalue weighted by Crippen LogP contribution is -2.56. The van der Waals surface area contributed by atoms with Gasteiger partial charge in [0.05, 0.1) is 7.11 Å². The number of ether oxygens (including phenoxy) is 1. The fourth-order valence-corrected chi connectivity index (χ4v) is 7.59. The summed E-state index contributed by atoms with van der Waals surface area (Å²) in [6, 6.07) is 17.0. The highest BCUT2D eigenvalue weighted by Gasteiger charge is 2.59. The van der Waals surface area contributed by atoms with Crippen LogP contribution in [0.4, 0.5) is 10.5 Å². The van der Waals surface area contributed by atoms with E-state index in [1.165, 1.54) is 29.7 Å². The molecule has 0 radical (unpaired) electrons. The average Bonchev–Trinajstić information content (AvgIpc) is 3.71. The number of hydrogen-bond acceptors (Lipinski definition) is 5. The number of benzene rings is 2. The van der Waals surface area contributed by atoms with Crippen molar-refractivity contribution in [2.45, 2.75) is 75.9 Å². The lowest BCUT2D eigenvalue weighted by atomic mass is 9.85. The first-order chi connectivity index (χ1) is 19.0. The molecule has 0 bridgehead atoms. The molecule has 0 N–H and O–H groups in total. The molecular formula is C32H42N4O3. The summed E-state index contributed by atoms with van der Waals surface area (Å²) in [6.45, 7) is 7.44. The van der Waals surface area contributed by atoms with Crippen LogP contribution in [0.3, 0.4) is 0 Å². The molecule has 1 saturated carbocycles. The predicted molar refractivity (Wildman–Crippen MR) is 153 cm³/mol.